The second-order valence-corrected chi connectivity index (χ2v) is 4.56. The van der Waals surface area contributed by atoms with Crippen LogP contribution in [0.1, 0.15) is 18.6 Å². The third-order valence-corrected chi connectivity index (χ3v) is 2.94. The van der Waals surface area contributed by atoms with Gasteiger partial charge in [-0.15, -0.1) is 0 Å². The minimum absolute atomic E-state index is 0.276. The average molecular weight is 269 g/mol. The maximum absolute atomic E-state index is 9.91. The van der Waals surface area contributed by atoms with Gasteiger partial charge in [-0.3, -0.25) is 0 Å². The summed E-state index contributed by atoms with van der Waals surface area (Å²) in [6.07, 6.45) is -1.23. The van der Waals surface area contributed by atoms with Crippen LogP contribution in [0.25, 0.3) is 0 Å². The van der Waals surface area contributed by atoms with Gasteiger partial charge in [0, 0.05) is 32.0 Å². The van der Waals surface area contributed by atoms with Crippen molar-refractivity contribution in [2.75, 3.05) is 39.3 Å². The minimum Gasteiger partial charge on any atom is -0.496 e. The van der Waals surface area contributed by atoms with Gasteiger partial charge in [0.05, 0.1) is 25.9 Å². The first-order valence-corrected chi connectivity index (χ1v) is 6.24. The molecule has 19 heavy (non-hydrogen) atoms. The second kappa shape index (κ2) is 7.33. The second-order valence-electron chi connectivity index (χ2n) is 4.56. The van der Waals surface area contributed by atoms with Gasteiger partial charge in [-0.1, -0.05) is 6.07 Å². The van der Waals surface area contributed by atoms with Gasteiger partial charge in [-0.05, 0) is 19.1 Å². The summed E-state index contributed by atoms with van der Waals surface area (Å²) >= 11 is 0. The smallest absolute Gasteiger partial charge is 0.126 e. The SMILES string of the molecule is COCC(O)CN(C)c1cccc(OC)c1C(C)O. The molecule has 0 saturated carbocycles. The molecule has 0 saturated heterocycles. The van der Waals surface area contributed by atoms with E-state index in [0.29, 0.717) is 12.3 Å². The van der Waals surface area contributed by atoms with E-state index in [1.165, 1.54) is 0 Å². The first-order valence-electron chi connectivity index (χ1n) is 6.24. The summed E-state index contributed by atoms with van der Waals surface area (Å²) in [5, 5.41) is 19.7. The van der Waals surface area contributed by atoms with Crippen LogP contribution in [-0.4, -0.2) is 50.7 Å². The molecule has 0 aliphatic heterocycles. The van der Waals surface area contributed by atoms with E-state index in [-0.39, 0.29) is 6.61 Å². The number of hydrogen-bond acceptors (Lipinski definition) is 5. The molecule has 1 rings (SSSR count). The Balaban J connectivity index is 2.98. The normalized spacial score (nSPS) is 14.0. The Morgan fingerprint density at radius 1 is 1.26 bits per heavy atom. The van der Waals surface area contributed by atoms with Gasteiger partial charge in [0.25, 0.3) is 0 Å². The highest BCUT2D eigenvalue weighted by molar-refractivity contribution is 5.60. The standard InChI is InChI=1S/C14H23NO4/c1-10(16)14-12(6-5-7-13(14)19-4)15(2)8-11(17)9-18-3/h5-7,10-11,16-17H,8-9H2,1-4H3. The van der Waals surface area contributed by atoms with E-state index in [1.54, 1.807) is 21.1 Å². The lowest BCUT2D eigenvalue weighted by molar-refractivity contribution is 0.0694. The number of rotatable bonds is 7. The highest BCUT2D eigenvalue weighted by Crippen LogP contribution is 2.34. The molecule has 1 aromatic carbocycles. The summed E-state index contributed by atoms with van der Waals surface area (Å²) in [4.78, 5) is 1.88. The van der Waals surface area contributed by atoms with Crippen molar-refractivity contribution in [2.24, 2.45) is 0 Å². The van der Waals surface area contributed by atoms with Gasteiger partial charge >= 0.3 is 0 Å². The number of nitrogens with zero attached hydrogens (tertiary/aromatic N) is 1. The lowest BCUT2D eigenvalue weighted by Crippen LogP contribution is -2.32. The molecule has 0 aliphatic rings. The molecule has 0 aromatic heterocycles. The molecule has 2 N–H and O–H groups in total. The summed E-state index contributed by atoms with van der Waals surface area (Å²) in [6.45, 7) is 2.39. The fourth-order valence-corrected chi connectivity index (χ4v) is 2.12. The predicted molar refractivity (Wildman–Crippen MR) is 74.8 cm³/mol. The van der Waals surface area contributed by atoms with Crippen LogP contribution in [0.5, 0.6) is 5.75 Å². The molecule has 0 aliphatic carbocycles. The molecule has 0 spiro atoms. The minimum atomic E-state index is -0.645. The number of benzene rings is 1. The van der Waals surface area contributed by atoms with Crippen LogP contribution in [0.3, 0.4) is 0 Å². The molecular formula is C14H23NO4. The Morgan fingerprint density at radius 2 is 1.95 bits per heavy atom. The number of anilines is 1. The first-order chi connectivity index (χ1) is 9.01. The Hall–Kier alpha value is -1.30. The third kappa shape index (κ3) is 4.09. The molecule has 0 bridgehead atoms. The summed E-state index contributed by atoms with van der Waals surface area (Å²) in [5.41, 5.74) is 1.56. The highest BCUT2D eigenvalue weighted by Gasteiger charge is 2.18. The molecule has 5 heteroatoms. The fourth-order valence-electron chi connectivity index (χ4n) is 2.12. The number of methoxy groups -OCH3 is 2. The lowest BCUT2D eigenvalue weighted by atomic mass is 10.1. The number of hydrogen-bond donors (Lipinski definition) is 2. The summed E-state index contributed by atoms with van der Waals surface area (Å²) in [7, 11) is 4.99. The number of ether oxygens (including phenoxy) is 2. The first kappa shape index (κ1) is 15.8. The highest BCUT2D eigenvalue weighted by atomic mass is 16.5. The van der Waals surface area contributed by atoms with Crippen molar-refractivity contribution in [3.63, 3.8) is 0 Å². The number of aliphatic hydroxyl groups excluding tert-OH is 2. The summed E-state index contributed by atoms with van der Waals surface area (Å²) in [5.74, 6) is 0.639. The third-order valence-electron chi connectivity index (χ3n) is 2.94. The van der Waals surface area contributed by atoms with Crippen molar-refractivity contribution in [3.05, 3.63) is 23.8 Å². The quantitative estimate of drug-likeness (QED) is 0.778. The fraction of sp³-hybridized carbons (Fsp3) is 0.571. The molecule has 5 nitrogen and oxygen atoms in total. The molecule has 0 amide bonds. The van der Waals surface area contributed by atoms with Gasteiger partial charge in [0.2, 0.25) is 0 Å². The van der Waals surface area contributed by atoms with Crippen LogP contribution < -0.4 is 9.64 Å². The number of aliphatic hydroxyl groups is 2. The summed E-state index contributed by atoms with van der Waals surface area (Å²) in [6, 6.07) is 5.56. The number of likely N-dealkylation sites (N-methyl/N-ethyl adjacent to an activating group) is 1. The van der Waals surface area contributed by atoms with E-state index in [9.17, 15) is 10.2 Å². The van der Waals surface area contributed by atoms with E-state index in [1.807, 2.05) is 30.1 Å². The van der Waals surface area contributed by atoms with Crippen LogP contribution in [0.2, 0.25) is 0 Å². The van der Waals surface area contributed by atoms with Crippen LogP contribution in [0, 0.1) is 0 Å². The van der Waals surface area contributed by atoms with Crippen molar-refractivity contribution in [1.29, 1.82) is 0 Å². The maximum atomic E-state index is 9.91. The van der Waals surface area contributed by atoms with Gasteiger partial charge in [-0.25, -0.2) is 0 Å². The van der Waals surface area contributed by atoms with Crippen molar-refractivity contribution in [1.82, 2.24) is 0 Å². The monoisotopic (exact) mass is 269 g/mol. The van der Waals surface area contributed by atoms with Crippen molar-refractivity contribution in [3.8, 4) is 5.75 Å². The van der Waals surface area contributed by atoms with Gasteiger partial charge < -0.3 is 24.6 Å². The molecule has 108 valence electrons. The van der Waals surface area contributed by atoms with Gasteiger partial charge in [0.1, 0.15) is 5.75 Å². The zero-order valence-electron chi connectivity index (χ0n) is 12.0. The van der Waals surface area contributed by atoms with Crippen molar-refractivity contribution >= 4 is 5.69 Å². The van der Waals surface area contributed by atoms with Crippen LogP contribution in [0.4, 0.5) is 5.69 Å². The molecule has 0 fully saturated rings. The van der Waals surface area contributed by atoms with E-state index in [0.717, 1.165) is 11.3 Å². The Bertz CT molecular complexity index is 395. The topological polar surface area (TPSA) is 62.2 Å². The van der Waals surface area contributed by atoms with E-state index in [4.69, 9.17) is 9.47 Å². The molecule has 2 atom stereocenters. The maximum Gasteiger partial charge on any atom is 0.126 e. The molecule has 0 radical (unpaired) electrons. The zero-order valence-corrected chi connectivity index (χ0v) is 12.0. The largest absolute Gasteiger partial charge is 0.496 e. The lowest BCUT2D eigenvalue weighted by Gasteiger charge is -2.26. The molecule has 2 unspecified atom stereocenters. The van der Waals surface area contributed by atoms with E-state index < -0.39 is 12.2 Å². The summed E-state index contributed by atoms with van der Waals surface area (Å²) < 4.78 is 10.2. The average Bonchev–Trinajstić information content (AvgIpc) is 2.37. The van der Waals surface area contributed by atoms with Gasteiger partial charge in [-0.2, -0.15) is 0 Å². The van der Waals surface area contributed by atoms with Crippen molar-refractivity contribution in [2.45, 2.75) is 19.1 Å². The molecular weight excluding hydrogens is 246 g/mol. The Labute approximate surface area is 114 Å². The van der Waals surface area contributed by atoms with Crippen LogP contribution in [0.15, 0.2) is 18.2 Å². The van der Waals surface area contributed by atoms with E-state index in [2.05, 4.69) is 0 Å². The molecule has 1 aromatic rings. The van der Waals surface area contributed by atoms with E-state index >= 15 is 0 Å². The Morgan fingerprint density at radius 3 is 2.47 bits per heavy atom. The molecule has 0 heterocycles. The van der Waals surface area contributed by atoms with Gasteiger partial charge in [0.15, 0.2) is 0 Å². The van der Waals surface area contributed by atoms with Crippen LogP contribution in [-0.2, 0) is 4.74 Å². The van der Waals surface area contributed by atoms with Crippen LogP contribution >= 0.6 is 0 Å². The predicted octanol–water partition coefficient (Wildman–Crippen LogP) is 1.19. The van der Waals surface area contributed by atoms with Crippen molar-refractivity contribution < 1.29 is 19.7 Å². The zero-order chi connectivity index (χ0) is 14.4. The Kier molecular flexibility index (Phi) is 6.08.